The number of nitrogens with one attached hydrogen (secondary N) is 1. The van der Waals surface area contributed by atoms with Crippen molar-refractivity contribution in [2.45, 2.75) is 32.1 Å². The SMILES string of the molecule is Cc1c(C2CCNC2)ccc(N(C)C(=O)C2CC2)c1[N+](=O)[O-]. The van der Waals surface area contributed by atoms with Crippen molar-refractivity contribution in [1.82, 2.24) is 5.32 Å². The van der Waals surface area contributed by atoms with Gasteiger partial charge in [0.05, 0.1) is 4.92 Å². The highest BCUT2D eigenvalue weighted by atomic mass is 16.6. The summed E-state index contributed by atoms with van der Waals surface area (Å²) in [6.45, 7) is 3.60. The molecule has 0 aromatic heterocycles. The molecular weight excluding hydrogens is 282 g/mol. The molecular formula is C16H21N3O3. The van der Waals surface area contributed by atoms with E-state index in [4.69, 9.17) is 0 Å². The van der Waals surface area contributed by atoms with Crippen molar-refractivity contribution in [3.05, 3.63) is 33.4 Å². The molecule has 6 nitrogen and oxygen atoms in total. The van der Waals surface area contributed by atoms with Crippen LogP contribution in [0.2, 0.25) is 0 Å². The molecule has 1 aliphatic heterocycles. The summed E-state index contributed by atoms with van der Waals surface area (Å²) in [4.78, 5) is 24.9. The fourth-order valence-electron chi connectivity index (χ4n) is 3.29. The van der Waals surface area contributed by atoms with Gasteiger partial charge in [0.25, 0.3) is 5.69 Å². The maximum Gasteiger partial charge on any atom is 0.296 e. The fourth-order valence-corrected chi connectivity index (χ4v) is 3.29. The van der Waals surface area contributed by atoms with Gasteiger partial charge < -0.3 is 10.2 Å². The molecule has 0 spiro atoms. The summed E-state index contributed by atoms with van der Waals surface area (Å²) in [5, 5.41) is 14.9. The lowest BCUT2D eigenvalue weighted by Gasteiger charge is -2.20. The molecule has 1 amide bonds. The van der Waals surface area contributed by atoms with Crippen LogP contribution in [0.3, 0.4) is 0 Å². The molecule has 2 aliphatic rings. The molecule has 0 bridgehead atoms. The van der Waals surface area contributed by atoms with E-state index < -0.39 is 0 Å². The van der Waals surface area contributed by atoms with E-state index in [0.717, 1.165) is 37.9 Å². The third kappa shape index (κ3) is 2.59. The number of carbonyl (C=O) groups excluding carboxylic acids is 1. The van der Waals surface area contributed by atoms with Crippen LogP contribution in [0.1, 0.15) is 36.3 Å². The van der Waals surface area contributed by atoms with Gasteiger partial charge in [0.2, 0.25) is 5.91 Å². The summed E-state index contributed by atoms with van der Waals surface area (Å²) >= 11 is 0. The first-order valence-electron chi connectivity index (χ1n) is 7.77. The summed E-state index contributed by atoms with van der Waals surface area (Å²) in [6, 6.07) is 3.69. The Bertz CT molecular complexity index is 619. The van der Waals surface area contributed by atoms with Crippen molar-refractivity contribution in [1.29, 1.82) is 0 Å². The zero-order valence-electron chi connectivity index (χ0n) is 13.0. The molecule has 1 aliphatic carbocycles. The van der Waals surface area contributed by atoms with Gasteiger partial charge >= 0.3 is 0 Å². The Kier molecular flexibility index (Phi) is 3.87. The number of carbonyl (C=O) groups is 1. The van der Waals surface area contributed by atoms with Crippen molar-refractivity contribution in [2.24, 2.45) is 5.92 Å². The predicted molar refractivity (Wildman–Crippen MR) is 84.2 cm³/mol. The normalized spacial score (nSPS) is 20.9. The number of rotatable bonds is 4. The number of hydrogen-bond donors (Lipinski definition) is 1. The second-order valence-electron chi connectivity index (χ2n) is 6.27. The van der Waals surface area contributed by atoms with E-state index in [1.807, 2.05) is 6.07 Å². The van der Waals surface area contributed by atoms with Crippen LogP contribution in [-0.2, 0) is 4.79 Å². The molecule has 1 N–H and O–H groups in total. The van der Waals surface area contributed by atoms with Gasteiger partial charge in [-0.15, -0.1) is 0 Å². The first-order valence-corrected chi connectivity index (χ1v) is 7.77. The highest BCUT2D eigenvalue weighted by Crippen LogP contribution is 2.39. The second-order valence-corrected chi connectivity index (χ2v) is 6.27. The van der Waals surface area contributed by atoms with Crippen LogP contribution in [0.4, 0.5) is 11.4 Å². The highest BCUT2D eigenvalue weighted by Gasteiger charge is 2.35. The molecule has 6 heteroatoms. The van der Waals surface area contributed by atoms with Gasteiger partial charge in [-0.25, -0.2) is 0 Å². The molecule has 1 saturated carbocycles. The Balaban J connectivity index is 2.01. The van der Waals surface area contributed by atoms with Crippen LogP contribution in [0.15, 0.2) is 12.1 Å². The first-order chi connectivity index (χ1) is 10.5. The second kappa shape index (κ2) is 5.68. The highest BCUT2D eigenvalue weighted by molar-refractivity contribution is 5.98. The molecule has 2 fully saturated rings. The lowest BCUT2D eigenvalue weighted by atomic mass is 9.92. The Hall–Kier alpha value is -1.95. The van der Waals surface area contributed by atoms with Crippen LogP contribution in [0.25, 0.3) is 0 Å². The van der Waals surface area contributed by atoms with Crippen molar-refractivity contribution < 1.29 is 9.72 Å². The first kappa shape index (κ1) is 15.0. The Labute approximate surface area is 129 Å². The van der Waals surface area contributed by atoms with Gasteiger partial charge in [0.15, 0.2) is 0 Å². The number of benzene rings is 1. The maximum atomic E-state index is 12.2. The van der Waals surface area contributed by atoms with Gasteiger partial charge in [-0.2, -0.15) is 0 Å². The van der Waals surface area contributed by atoms with Crippen LogP contribution in [-0.4, -0.2) is 31.0 Å². The third-order valence-corrected chi connectivity index (χ3v) is 4.75. The molecule has 0 radical (unpaired) electrons. The molecule has 1 aromatic carbocycles. The molecule has 1 unspecified atom stereocenters. The van der Waals surface area contributed by atoms with Crippen LogP contribution in [0.5, 0.6) is 0 Å². The number of hydrogen-bond acceptors (Lipinski definition) is 4. The topological polar surface area (TPSA) is 75.5 Å². The summed E-state index contributed by atoms with van der Waals surface area (Å²) in [6.07, 6.45) is 2.78. The summed E-state index contributed by atoms with van der Waals surface area (Å²) in [7, 11) is 1.64. The Morgan fingerprint density at radius 3 is 2.64 bits per heavy atom. The number of nitrogens with zero attached hydrogens (tertiary/aromatic N) is 2. The molecule has 1 atom stereocenters. The van der Waals surface area contributed by atoms with Crippen molar-refractivity contribution in [2.75, 3.05) is 25.0 Å². The van der Waals surface area contributed by atoms with Gasteiger partial charge in [-0.3, -0.25) is 14.9 Å². The summed E-state index contributed by atoms with van der Waals surface area (Å²) in [5.74, 6) is 0.346. The van der Waals surface area contributed by atoms with Crippen LogP contribution < -0.4 is 10.2 Å². The monoisotopic (exact) mass is 303 g/mol. The molecule has 22 heavy (non-hydrogen) atoms. The minimum Gasteiger partial charge on any atom is -0.316 e. The minimum atomic E-state index is -0.354. The lowest BCUT2D eigenvalue weighted by molar-refractivity contribution is -0.384. The van der Waals surface area contributed by atoms with Crippen molar-refractivity contribution >= 4 is 17.3 Å². The molecule has 1 aromatic rings. The average molecular weight is 303 g/mol. The third-order valence-electron chi connectivity index (χ3n) is 4.75. The predicted octanol–water partition coefficient (Wildman–Crippen LogP) is 2.35. The zero-order valence-corrected chi connectivity index (χ0v) is 13.0. The van der Waals surface area contributed by atoms with Crippen molar-refractivity contribution in [3.8, 4) is 0 Å². The van der Waals surface area contributed by atoms with Gasteiger partial charge in [-0.05, 0) is 50.3 Å². The molecule has 1 saturated heterocycles. The molecule has 1 heterocycles. The molecule has 3 rings (SSSR count). The zero-order chi connectivity index (χ0) is 15.9. The summed E-state index contributed by atoms with van der Waals surface area (Å²) < 4.78 is 0. The van der Waals surface area contributed by atoms with E-state index in [-0.39, 0.29) is 22.4 Å². The minimum absolute atomic E-state index is 0.0159. The maximum absolute atomic E-state index is 12.2. The van der Waals surface area contributed by atoms with Gasteiger partial charge in [-0.1, -0.05) is 6.07 Å². The van der Waals surface area contributed by atoms with E-state index in [2.05, 4.69) is 5.32 Å². The largest absolute Gasteiger partial charge is 0.316 e. The molecule has 118 valence electrons. The number of nitro benzene ring substituents is 1. The van der Waals surface area contributed by atoms with E-state index in [9.17, 15) is 14.9 Å². The lowest BCUT2D eigenvalue weighted by Crippen LogP contribution is -2.28. The fraction of sp³-hybridized carbons (Fsp3) is 0.562. The van der Waals surface area contributed by atoms with E-state index in [1.54, 1.807) is 20.0 Å². The quantitative estimate of drug-likeness (QED) is 0.684. The van der Waals surface area contributed by atoms with Crippen molar-refractivity contribution in [3.63, 3.8) is 0 Å². The smallest absolute Gasteiger partial charge is 0.296 e. The summed E-state index contributed by atoms with van der Waals surface area (Å²) in [5.41, 5.74) is 2.19. The van der Waals surface area contributed by atoms with E-state index in [1.165, 1.54) is 4.90 Å². The number of anilines is 1. The van der Waals surface area contributed by atoms with Gasteiger partial charge in [0.1, 0.15) is 5.69 Å². The average Bonchev–Trinajstić information content (AvgIpc) is 3.20. The Morgan fingerprint density at radius 2 is 2.09 bits per heavy atom. The standard InChI is InChI=1S/C16H21N3O3/c1-10-13(12-7-8-17-9-12)5-6-14(15(10)19(21)22)18(2)16(20)11-3-4-11/h5-6,11-12,17H,3-4,7-9H2,1-2H3. The van der Waals surface area contributed by atoms with Crippen LogP contribution in [0, 0.1) is 23.0 Å². The Morgan fingerprint density at radius 1 is 1.36 bits per heavy atom. The van der Waals surface area contributed by atoms with Gasteiger partial charge in [0, 0.05) is 25.1 Å². The van der Waals surface area contributed by atoms with E-state index >= 15 is 0 Å². The van der Waals surface area contributed by atoms with E-state index in [0.29, 0.717) is 17.2 Å². The van der Waals surface area contributed by atoms with Crippen LogP contribution >= 0.6 is 0 Å². The number of nitro groups is 1. The number of amides is 1.